The number of amides is 1. The number of carbonyl (C=O) groups is 1. The molecule has 1 atom stereocenters. The molecule has 1 aliphatic rings. The first-order chi connectivity index (χ1) is 6.88. The second-order valence-corrected chi connectivity index (χ2v) is 5.02. The molecule has 88 valence electrons. The molecule has 0 aromatic heterocycles. The summed E-state index contributed by atoms with van der Waals surface area (Å²) in [5.74, 6) is 0.0632. The first-order valence-corrected chi connectivity index (χ1v) is 5.64. The Labute approximate surface area is 91.4 Å². The second-order valence-electron chi connectivity index (χ2n) is 5.02. The minimum absolute atomic E-state index is 0.0632. The summed E-state index contributed by atoms with van der Waals surface area (Å²) in [5.41, 5.74) is -0.667. The van der Waals surface area contributed by atoms with Crippen LogP contribution in [0, 0.1) is 0 Å². The average Bonchev–Trinajstić information content (AvgIpc) is 2.85. The van der Waals surface area contributed by atoms with Gasteiger partial charge >= 0.3 is 0 Å². The Bertz CT molecular complexity index is 219. The third kappa shape index (κ3) is 5.74. The van der Waals surface area contributed by atoms with Crippen molar-refractivity contribution in [2.24, 2.45) is 0 Å². The maximum absolute atomic E-state index is 11.5. The quantitative estimate of drug-likeness (QED) is 0.600. The highest BCUT2D eigenvalue weighted by Crippen LogP contribution is 2.18. The van der Waals surface area contributed by atoms with Gasteiger partial charge in [0.25, 0.3) is 0 Å². The molecular formula is C11H22N2O2. The summed E-state index contributed by atoms with van der Waals surface area (Å²) >= 11 is 0. The van der Waals surface area contributed by atoms with E-state index in [1.54, 1.807) is 13.8 Å². The average molecular weight is 214 g/mol. The molecule has 1 saturated carbocycles. The lowest BCUT2D eigenvalue weighted by molar-refractivity contribution is -0.122. The Hall–Kier alpha value is -0.610. The van der Waals surface area contributed by atoms with Crippen molar-refractivity contribution in [1.82, 2.24) is 10.6 Å². The molecule has 0 aromatic carbocycles. The number of nitrogens with one attached hydrogen (secondary N) is 2. The highest BCUT2D eigenvalue weighted by atomic mass is 16.3. The van der Waals surface area contributed by atoms with Crippen LogP contribution in [0.1, 0.15) is 40.0 Å². The van der Waals surface area contributed by atoms with Gasteiger partial charge < -0.3 is 15.7 Å². The molecule has 0 saturated heterocycles. The Balaban J connectivity index is 2.11. The van der Waals surface area contributed by atoms with Gasteiger partial charge in [0, 0.05) is 6.04 Å². The van der Waals surface area contributed by atoms with Gasteiger partial charge in [0.05, 0.1) is 11.6 Å². The number of hydrogen-bond donors (Lipinski definition) is 3. The standard InChI is InChI=1S/C11H22N2O2/c1-8(10(14)13-9-4-5-9)12-7-6-11(2,3)15/h8-9,12,15H,4-7H2,1-3H3,(H,13,14). The van der Waals surface area contributed by atoms with E-state index in [1.807, 2.05) is 6.92 Å². The van der Waals surface area contributed by atoms with Gasteiger partial charge in [0.15, 0.2) is 0 Å². The van der Waals surface area contributed by atoms with E-state index in [2.05, 4.69) is 10.6 Å². The summed E-state index contributed by atoms with van der Waals surface area (Å²) in [7, 11) is 0. The van der Waals surface area contributed by atoms with Gasteiger partial charge in [-0.15, -0.1) is 0 Å². The smallest absolute Gasteiger partial charge is 0.237 e. The van der Waals surface area contributed by atoms with Crippen LogP contribution in [0.4, 0.5) is 0 Å². The molecule has 1 amide bonds. The first kappa shape index (κ1) is 12.5. The topological polar surface area (TPSA) is 61.4 Å². The molecule has 4 heteroatoms. The lowest BCUT2D eigenvalue weighted by atomic mass is 10.1. The molecule has 0 radical (unpaired) electrons. The summed E-state index contributed by atoms with van der Waals surface area (Å²) in [6.07, 6.45) is 2.87. The van der Waals surface area contributed by atoms with Crippen molar-refractivity contribution in [3.63, 3.8) is 0 Å². The molecule has 0 spiro atoms. The van der Waals surface area contributed by atoms with Gasteiger partial charge in [-0.3, -0.25) is 4.79 Å². The van der Waals surface area contributed by atoms with Crippen molar-refractivity contribution in [2.75, 3.05) is 6.54 Å². The SMILES string of the molecule is CC(NCCC(C)(C)O)C(=O)NC1CC1. The van der Waals surface area contributed by atoms with Crippen LogP contribution in [-0.4, -0.2) is 35.2 Å². The van der Waals surface area contributed by atoms with E-state index in [0.717, 1.165) is 12.8 Å². The fourth-order valence-electron chi connectivity index (χ4n) is 1.24. The Morgan fingerprint density at radius 3 is 2.60 bits per heavy atom. The monoisotopic (exact) mass is 214 g/mol. The molecule has 1 unspecified atom stereocenters. The first-order valence-electron chi connectivity index (χ1n) is 5.64. The largest absolute Gasteiger partial charge is 0.390 e. The van der Waals surface area contributed by atoms with Crippen LogP contribution in [0.5, 0.6) is 0 Å². The minimum Gasteiger partial charge on any atom is -0.390 e. The lowest BCUT2D eigenvalue weighted by Gasteiger charge is -2.19. The molecule has 0 aliphatic heterocycles. The van der Waals surface area contributed by atoms with Crippen LogP contribution in [0.25, 0.3) is 0 Å². The highest BCUT2D eigenvalue weighted by molar-refractivity contribution is 5.81. The zero-order valence-electron chi connectivity index (χ0n) is 9.84. The fraction of sp³-hybridized carbons (Fsp3) is 0.909. The van der Waals surface area contributed by atoms with E-state index < -0.39 is 5.60 Å². The number of hydrogen-bond acceptors (Lipinski definition) is 3. The number of carbonyl (C=O) groups excluding carboxylic acids is 1. The van der Waals surface area contributed by atoms with E-state index in [1.165, 1.54) is 0 Å². The van der Waals surface area contributed by atoms with Crippen molar-refractivity contribution in [3.8, 4) is 0 Å². The zero-order valence-corrected chi connectivity index (χ0v) is 9.84. The molecule has 0 heterocycles. The summed E-state index contributed by atoms with van der Waals surface area (Å²) in [5, 5.41) is 15.5. The molecule has 15 heavy (non-hydrogen) atoms. The van der Waals surface area contributed by atoms with Gasteiger partial charge in [-0.05, 0) is 46.6 Å². The van der Waals surface area contributed by atoms with Crippen LogP contribution in [0.2, 0.25) is 0 Å². The number of aliphatic hydroxyl groups is 1. The molecule has 1 rings (SSSR count). The molecule has 3 N–H and O–H groups in total. The third-order valence-corrected chi connectivity index (χ3v) is 2.50. The Kier molecular flexibility index (Phi) is 4.11. The number of rotatable bonds is 6. The maximum atomic E-state index is 11.5. The van der Waals surface area contributed by atoms with Crippen molar-refractivity contribution >= 4 is 5.91 Å². The fourth-order valence-corrected chi connectivity index (χ4v) is 1.24. The molecule has 1 aliphatic carbocycles. The van der Waals surface area contributed by atoms with E-state index >= 15 is 0 Å². The summed E-state index contributed by atoms with van der Waals surface area (Å²) < 4.78 is 0. The van der Waals surface area contributed by atoms with E-state index in [9.17, 15) is 9.90 Å². The highest BCUT2D eigenvalue weighted by Gasteiger charge is 2.25. The lowest BCUT2D eigenvalue weighted by Crippen LogP contribution is -2.44. The van der Waals surface area contributed by atoms with Crippen molar-refractivity contribution in [2.45, 2.75) is 57.7 Å². The predicted molar refractivity (Wildman–Crippen MR) is 59.5 cm³/mol. The predicted octanol–water partition coefficient (Wildman–Crippen LogP) is 0.404. The summed E-state index contributed by atoms with van der Waals surface area (Å²) in [6, 6.07) is 0.240. The minimum atomic E-state index is -0.667. The third-order valence-electron chi connectivity index (χ3n) is 2.50. The molecule has 0 aromatic rings. The van der Waals surface area contributed by atoms with Gasteiger partial charge in [-0.2, -0.15) is 0 Å². The van der Waals surface area contributed by atoms with E-state index in [-0.39, 0.29) is 11.9 Å². The van der Waals surface area contributed by atoms with Crippen LogP contribution in [0.3, 0.4) is 0 Å². The Morgan fingerprint density at radius 1 is 1.53 bits per heavy atom. The molecular weight excluding hydrogens is 192 g/mol. The second kappa shape index (κ2) is 4.94. The van der Waals surface area contributed by atoms with Crippen molar-refractivity contribution in [3.05, 3.63) is 0 Å². The maximum Gasteiger partial charge on any atom is 0.237 e. The van der Waals surface area contributed by atoms with Crippen molar-refractivity contribution < 1.29 is 9.90 Å². The van der Waals surface area contributed by atoms with Gasteiger partial charge in [0.2, 0.25) is 5.91 Å². The Morgan fingerprint density at radius 2 is 2.13 bits per heavy atom. The van der Waals surface area contributed by atoms with E-state index in [0.29, 0.717) is 19.0 Å². The van der Waals surface area contributed by atoms with Crippen LogP contribution < -0.4 is 10.6 Å². The molecule has 4 nitrogen and oxygen atoms in total. The van der Waals surface area contributed by atoms with Gasteiger partial charge in [-0.25, -0.2) is 0 Å². The molecule has 0 bridgehead atoms. The van der Waals surface area contributed by atoms with E-state index in [4.69, 9.17) is 0 Å². The zero-order chi connectivity index (χ0) is 11.5. The summed E-state index contributed by atoms with van der Waals surface area (Å²) in [6.45, 7) is 6.04. The summed E-state index contributed by atoms with van der Waals surface area (Å²) in [4.78, 5) is 11.5. The van der Waals surface area contributed by atoms with Crippen LogP contribution in [0.15, 0.2) is 0 Å². The van der Waals surface area contributed by atoms with Gasteiger partial charge in [0.1, 0.15) is 0 Å². The van der Waals surface area contributed by atoms with Crippen LogP contribution >= 0.6 is 0 Å². The van der Waals surface area contributed by atoms with Gasteiger partial charge in [-0.1, -0.05) is 0 Å². The van der Waals surface area contributed by atoms with Crippen molar-refractivity contribution in [1.29, 1.82) is 0 Å². The van der Waals surface area contributed by atoms with Crippen LogP contribution in [-0.2, 0) is 4.79 Å². The normalized spacial score (nSPS) is 18.7. The molecule has 1 fully saturated rings.